The zero-order chi connectivity index (χ0) is 12.5. The van der Waals surface area contributed by atoms with E-state index in [0.29, 0.717) is 0 Å². The van der Waals surface area contributed by atoms with Crippen LogP contribution >= 0.6 is 0 Å². The number of para-hydroxylation sites is 1. The second-order valence-corrected chi connectivity index (χ2v) is 4.46. The maximum Gasteiger partial charge on any atom is 0.101 e. The van der Waals surface area contributed by atoms with Gasteiger partial charge < -0.3 is 4.90 Å². The molecule has 0 aromatic heterocycles. The number of benzene rings is 1. The Hall–Kier alpha value is -1.49. The van der Waals surface area contributed by atoms with Crippen LogP contribution in [-0.4, -0.2) is 13.6 Å². The lowest BCUT2D eigenvalue weighted by Gasteiger charge is -2.20. The van der Waals surface area contributed by atoms with Gasteiger partial charge >= 0.3 is 0 Å². The van der Waals surface area contributed by atoms with Crippen molar-refractivity contribution in [1.82, 2.24) is 0 Å². The van der Waals surface area contributed by atoms with Crippen LogP contribution in [0, 0.1) is 11.3 Å². The first kappa shape index (κ1) is 13.6. The minimum absolute atomic E-state index is 0.767. The Labute approximate surface area is 105 Å². The Morgan fingerprint density at radius 1 is 1.12 bits per heavy atom. The summed E-state index contributed by atoms with van der Waals surface area (Å²) in [6.07, 6.45) is 6.43. The first-order valence-electron chi connectivity index (χ1n) is 6.50. The number of nitriles is 1. The molecular weight excluding hydrogens is 208 g/mol. The van der Waals surface area contributed by atoms with E-state index in [4.69, 9.17) is 5.26 Å². The molecule has 0 saturated carbocycles. The lowest BCUT2D eigenvalue weighted by Crippen LogP contribution is -2.19. The number of anilines is 1. The Morgan fingerprint density at radius 3 is 2.53 bits per heavy atom. The third-order valence-corrected chi connectivity index (χ3v) is 3.03. The van der Waals surface area contributed by atoms with Gasteiger partial charge in [-0.15, -0.1) is 0 Å². The highest BCUT2D eigenvalue weighted by Gasteiger charge is 2.05. The summed E-state index contributed by atoms with van der Waals surface area (Å²) in [6, 6.07) is 10.0. The molecule has 0 radical (unpaired) electrons. The lowest BCUT2D eigenvalue weighted by molar-refractivity contribution is 0.629. The molecule has 0 unspecified atom stereocenters. The van der Waals surface area contributed by atoms with Crippen molar-refractivity contribution >= 4 is 5.69 Å². The number of unbranched alkanes of at least 4 members (excludes halogenated alkanes) is 4. The van der Waals surface area contributed by atoms with E-state index in [2.05, 4.69) is 24.9 Å². The van der Waals surface area contributed by atoms with Gasteiger partial charge in [0.25, 0.3) is 0 Å². The fourth-order valence-corrected chi connectivity index (χ4v) is 1.97. The smallest absolute Gasteiger partial charge is 0.101 e. The molecule has 0 fully saturated rings. The van der Waals surface area contributed by atoms with Gasteiger partial charge in [0, 0.05) is 13.6 Å². The van der Waals surface area contributed by atoms with Gasteiger partial charge in [0.05, 0.1) is 11.3 Å². The monoisotopic (exact) mass is 230 g/mol. The van der Waals surface area contributed by atoms with Crippen molar-refractivity contribution in [2.24, 2.45) is 0 Å². The van der Waals surface area contributed by atoms with Crippen LogP contribution in [0.1, 0.15) is 44.6 Å². The van der Waals surface area contributed by atoms with Gasteiger partial charge in [-0.25, -0.2) is 0 Å². The SMILES string of the molecule is CCCCCCCN(C)c1ccccc1C#N. The molecule has 17 heavy (non-hydrogen) atoms. The molecular formula is C15H22N2. The summed E-state index contributed by atoms with van der Waals surface area (Å²) < 4.78 is 0. The Morgan fingerprint density at radius 2 is 1.82 bits per heavy atom. The van der Waals surface area contributed by atoms with Gasteiger partial charge in [-0.3, -0.25) is 0 Å². The summed E-state index contributed by atoms with van der Waals surface area (Å²) in [4.78, 5) is 2.19. The standard InChI is InChI=1S/C15H22N2/c1-3-4-5-6-9-12-17(2)15-11-8-7-10-14(15)13-16/h7-8,10-11H,3-6,9,12H2,1-2H3. The van der Waals surface area contributed by atoms with Gasteiger partial charge in [-0.1, -0.05) is 44.7 Å². The molecule has 0 aliphatic carbocycles. The van der Waals surface area contributed by atoms with Crippen molar-refractivity contribution in [2.45, 2.75) is 39.0 Å². The number of hydrogen-bond donors (Lipinski definition) is 0. The van der Waals surface area contributed by atoms with E-state index >= 15 is 0 Å². The van der Waals surface area contributed by atoms with Gasteiger partial charge in [-0.2, -0.15) is 5.26 Å². The molecule has 1 aromatic carbocycles. The molecule has 0 aliphatic heterocycles. The molecule has 2 heteroatoms. The predicted molar refractivity (Wildman–Crippen MR) is 73.2 cm³/mol. The summed E-state index contributed by atoms with van der Waals surface area (Å²) in [5, 5.41) is 9.03. The quantitative estimate of drug-likeness (QED) is 0.663. The Kier molecular flexibility index (Phi) is 6.17. The zero-order valence-electron chi connectivity index (χ0n) is 10.9. The fourth-order valence-electron chi connectivity index (χ4n) is 1.97. The van der Waals surface area contributed by atoms with E-state index < -0.39 is 0 Å². The second-order valence-electron chi connectivity index (χ2n) is 4.46. The molecule has 1 rings (SSSR count). The summed E-state index contributed by atoms with van der Waals surface area (Å²) >= 11 is 0. The Bertz CT molecular complexity index is 365. The first-order valence-corrected chi connectivity index (χ1v) is 6.50. The van der Waals surface area contributed by atoms with Crippen molar-refractivity contribution < 1.29 is 0 Å². The number of nitrogens with zero attached hydrogens (tertiary/aromatic N) is 2. The molecule has 1 aromatic rings. The molecule has 0 spiro atoms. The molecule has 0 aliphatic rings. The summed E-state index contributed by atoms with van der Waals surface area (Å²) in [5.74, 6) is 0. The third kappa shape index (κ3) is 4.48. The van der Waals surface area contributed by atoms with Crippen LogP contribution in [0.15, 0.2) is 24.3 Å². The third-order valence-electron chi connectivity index (χ3n) is 3.03. The highest BCUT2D eigenvalue weighted by atomic mass is 15.1. The van der Waals surface area contributed by atoms with Crippen molar-refractivity contribution in [3.63, 3.8) is 0 Å². The van der Waals surface area contributed by atoms with E-state index in [9.17, 15) is 0 Å². The van der Waals surface area contributed by atoms with Gasteiger partial charge in [-0.05, 0) is 18.6 Å². The Balaban J connectivity index is 2.42. The molecule has 92 valence electrons. The van der Waals surface area contributed by atoms with Gasteiger partial charge in [0.2, 0.25) is 0 Å². The van der Waals surface area contributed by atoms with Crippen LogP contribution in [0.25, 0.3) is 0 Å². The molecule has 0 bridgehead atoms. The first-order chi connectivity index (χ1) is 8.29. The topological polar surface area (TPSA) is 27.0 Å². The summed E-state index contributed by atoms with van der Waals surface area (Å²) in [5.41, 5.74) is 1.81. The average Bonchev–Trinajstić information content (AvgIpc) is 2.38. The predicted octanol–water partition coefficient (Wildman–Crippen LogP) is 3.96. The van der Waals surface area contributed by atoms with Gasteiger partial charge in [0.1, 0.15) is 6.07 Å². The maximum atomic E-state index is 9.03. The van der Waals surface area contributed by atoms with Crippen molar-refractivity contribution in [3.05, 3.63) is 29.8 Å². The zero-order valence-corrected chi connectivity index (χ0v) is 10.9. The molecule has 2 nitrogen and oxygen atoms in total. The summed E-state index contributed by atoms with van der Waals surface area (Å²) in [7, 11) is 2.07. The van der Waals surface area contributed by atoms with Crippen LogP contribution in [0.4, 0.5) is 5.69 Å². The largest absolute Gasteiger partial charge is 0.374 e. The van der Waals surface area contributed by atoms with E-state index in [1.54, 1.807) is 0 Å². The molecule has 0 saturated heterocycles. The van der Waals surface area contributed by atoms with E-state index in [1.165, 1.54) is 32.1 Å². The van der Waals surface area contributed by atoms with Crippen molar-refractivity contribution in [1.29, 1.82) is 5.26 Å². The highest BCUT2D eigenvalue weighted by Crippen LogP contribution is 2.18. The number of rotatable bonds is 7. The van der Waals surface area contributed by atoms with Crippen LogP contribution in [0.3, 0.4) is 0 Å². The minimum Gasteiger partial charge on any atom is -0.374 e. The highest BCUT2D eigenvalue weighted by molar-refractivity contribution is 5.58. The van der Waals surface area contributed by atoms with E-state index in [1.807, 2.05) is 24.3 Å². The van der Waals surface area contributed by atoms with Crippen molar-refractivity contribution in [3.8, 4) is 6.07 Å². The molecule has 0 heterocycles. The van der Waals surface area contributed by atoms with Crippen molar-refractivity contribution in [2.75, 3.05) is 18.5 Å². The van der Waals surface area contributed by atoms with Crippen LogP contribution in [0.2, 0.25) is 0 Å². The lowest BCUT2D eigenvalue weighted by atomic mass is 10.1. The maximum absolute atomic E-state index is 9.03. The molecule has 0 amide bonds. The van der Waals surface area contributed by atoms with Crippen LogP contribution in [-0.2, 0) is 0 Å². The molecule has 0 N–H and O–H groups in total. The number of hydrogen-bond acceptors (Lipinski definition) is 2. The summed E-state index contributed by atoms with van der Waals surface area (Å²) in [6.45, 7) is 3.26. The van der Waals surface area contributed by atoms with E-state index in [-0.39, 0.29) is 0 Å². The van der Waals surface area contributed by atoms with Crippen LogP contribution < -0.4 is 4.90 Å². The second kappa shape index (κ2) is 7.73. The van der Waals surface area contributed by atoms with E-state index in [0.717, 1.165) is 17.8 Å². The normalized spacial score (nSPS) is 9.94. The average molecular weight is 230 g/mol. The van der Waals surface area contributed by atoms with Crippen LogP contribution in [0.5, 0.6) is 0 Å². The molecule has 0 atom stereocenters. The fraction of sp³-hybridized carbons (Fsp3) is 0.533. The minimum atomic E-state index is 0.767. The van der Waals surface area contributed by atoms with Gasteiger partial charge in [0.15, 0.2) is 0 Å².